The molecule has 0 saturated heterocycles. The lowest BCUT2D eigenvalue weighted by Gasteiger charge is -2.19. The van der Waals surface area contributed by atoms with Crippen LogP contribution in [0.15, 0.2) is 41.1 Å². The van der Waals surface area contributed by atoms with Gasteiger partial charge in [-0.25, -0.2) is 0 Å². The van der Waals surface area contributed by atoms with E-state index >= 15 is 0 Å². The highest BCUT2D eigenvalue weighted by molar-refractivity contribution is 7.07. The number of hydrogen-bond donors (Lipinski definition) is 1. The van der Waals surface area contributed by atoms with E-state index in [1.165, 1.54) is 5.56 Å². The van der Waals surface area contributed by atoms with Crippen LogP contribution in [0.4, 0.5) is 8.78 Å². The maximum Gasteiger partial charge on any atom is 0.387 e. The van der Waals surface area contributed by atoms with Crippen molar-refractivity contribution in [2.75, 3.05) is 6.54 Å². The Kier molecular flexibility index (Phi) is 6.14. The Balaban J connectivity index is 2.14. The lowest BCUT2D eigenvalue weighted by atomic mass is 10.00. The molecule has 1 aromatic carbocycles. The molecule has 0 aliphatic rings. The van der Waals surface area contributed by atoms with E-state index in [1.807, 2.05) is 11.4 Å². The van der Waals surface area contributed by atoms with Crippen molar-refractivity contribution in [3.63, 3.8) is 0 Å². The molecular formula is C16H19F2NOS. The van der Waals surface area contributed by atoms with Crippen LogP contribution in [0.1, 0.15) is 30.5 Å². The van der Waals surface area contributed by atoms with Gasteiger partial charge < -0.3 is 10.1 Å². The lowest BCUT2D eigenvalue weighted by Crippen LogP contribution is -2.24. The molecule has 0 amide bonds. The van der Waals surface area contributed by atoms with Crippen molar-refractivity contribution in [2.24, 2.45) is 0 Å². The number of rotatable bonds is 8. The zero-order valence-electron chi connectivity index (χ0n) is 11.9. The van der Waals surface area contributed by atoms with Crippen LogP contribution in [-0.4, -0.2) is 13.2 Å². The molecule has 2 aromatic rings. The molecule has 0 radical (unpaired) electrons. The van der Waals surface area contributed by atoms with Crippen LogP contribution in [0.5, 0.6) is 5.75 Å². The first-order chi connectivity index (χ1) is 10.2. The predicted molar refractivity (Wildman–Crippen MR) is 82.1 cm³/mol. The molecule has 0 spiro atoms. The first-order valence-corrected chi connectivity index (χ1v) is 7.92. The fraction of sp³-hybridized carbons (Fsp3) is 0.375. The Morgan fingerprint density at radius 1 is 1.29 bits per heavy atom. The van der Waals surface area contributed by atoms with Gasteiger partial charge in [-0.2, -0.15) is 20.1 Å². The second kappa shape index (κ2) is 8.10. The van der Waals surface area contributed by atoms with Crippen LogP contribution in [0.3, 0.4) is 0 Å². The predicted octanol–water partition coefficient (Wildman–Crippen LogP) is 4.63. The van der Waals surface area contributed by atoms with E-state index < -0.39 is 6.61 Å². The van der Waals surface area contributed by atoms with Gasteiger partial charge in [0.15, 0.2) is 0 Å². The number of ether oxygens (including phenoxy) is 1. The monoisotopic (exact) mass is 311 g/mol. The number of hydrogen-bond acceptors (Lipinski definition) is 3. The first-order valence-electron chi connectivity index (χ1n) is 6.98. The van der Waals surface area contributed by atoms with E-state index in [9.17, 15) is 8.78 Å². The molecule has 2 rings (SSSR count). The van der Waals surface area contributed by atoms with Crippen molar-refractivity contribution in [3.05, 3.63) is 52.2 Å². The molecule has 2 nitrogen and oxygen atoms in total. The molecule has 1 atom stereocenters. The maximum atomic E-state index is 12.3. The molecule has 1 aromatic heterocycles. The molecular weight excluding hydrogens is 292 g/mol. The third kappa shape index (κ3) is 5.10. The van der Waals surface area contributed by atoms with Crippen LogP contribution >= 0.6 is 11.3 Å². The Hall–Kier alpha value is -1.46. The Labute approximate surface area is 127 Å². The summed E-state index contributed by atoms with van der Waals surface area (Å²) in [5, 5.41) is 7.62. The summed E-state index contributed by atoms with van der Waals surface area (Å²) in [6, 6.07) is 9.12. The third-order valence-electron chi connectivity index (χ3n) is 3.15. The number of thiophene rings is 1. The van der Waals surface area contributed by atoms with Gasteiger partial charge in [0.2, 0.25) is 0 Å². The van der Waals surface area contributed by atoms with Gasteiger partial charge >= 0.3 is 6.61 Å². The third-order valence-corrected chi connectivity index (χ3v) is 3.88. The topological polar surface area (TPSA) is 21.3 Å². The summed E-state index contributed by atoms with van der Waals surface area (Å²) in [6.07, 6.45) is 1.86. The van der Waals surface area contributed by atoms with Crippen molar-refractivity contribution in [2.45, 2.75) is 32.4 Å². The minimum absolute atomic E-state index is 0.0979. The van der Waals surface area contributed by atoms with Crippen molar-refractivity contribution in [1.29, 1.82) is 0 Å². The Morgan fingerprint density at radius 3 is 2.81 bits per heavy atom. The largest absolute Gasteiger partial charge is 0.435 e. The summed E-state index contributed by atoms with van der Waals surface area (Å²) in [4.78, 5) is 0. The zero-order chi connectivity index (χ0) is 15.1. The van der Waals surface area contributed by atoms with E-state index in [4.69, 9.17) is 0 Å². The highest BCUT2D eigenvalue weighted by atomic mass is 32.1. The normalized spacial score (nSPS) is 12.6. The van der Waals surface area contributed by atoms with E-state index in [1.54, 1.807) is 29.5 Å². The number of nitrogens with one attached hydrogen (secondary N) is 1. The van der Waals surface area contributed by atoms with Gasteiger partial charge in [0.05, 0.1) is 0 Å². The molecule has 1 unspecified atom stereocenters. The molecule has 114 valence electrons. The molecule has 0 fully saturated rings. The fourth-order valence-electron chi connectivity index (χ4n) is 2.18. The summed E-state index contributed by atoms with van der Waals surface area (Å²) in [5.41, 5.74) is 2.21. The Bertz CT molecular complexity index is 531. The highest BCUT2D eigenvalue weighted by Gasteiger charge is 2.13. The highest BCUT2D eigenvalue weighted by Crippen LogP contribution is 2.24. The van der Waals surface area contributed by atoms with Gasteiger partial charge in [0.25, 0.3) is 0 Å². The standard InChI is InChI=1S/C16H19F2NOS/c1-2-7-19-15(9-12-6-8-21-11-12)13-4-3-5-14(10-13)20-16(17)18/h3-6,8,10-11,15-16,19H,2,7,9H2,1H3. The number of alkyl halides is 2. The molecule has 0 aliphatic carbocycles. The van der Waals surface area contributed by atoms with Crippen LogP contribution in [0.2, 0.25) is 0 Å². The first kappa shape index (κ1) is 15.9. The van der Waals surface area contributed by atoms with Crippen LogP contribution in [0, 0.1) is 0 Å². The van der Waals surface area contributed by atoms with Gasteiger partial charge in [-0.05, 0) is 59.5 Å². The molecule has 0 bridgehead atoms. The molecule has 0 aliphatic heterocycles. The molecule has 5 heteroatoms. The van der Waals surface area contributed by atoms with E-state index in [0.717, 1.165) is 24.9 Å². The molecule has 0 saturated carbocycles. The van der Waals surface area contributed by atoms with Crippen molar-refractivity contribution in [1.82, 2.24) is 5.32 Å². The van der Waals surface area contributed by atoms with Gasteiger partial charge in [-0.15, -0.1) is 0 Å². The van der Waals surface area contributed by atoms with E-state index in [-0.39, 0.29) is 11.8 Å². The van der Waals surface area contributed by atoms with Crippen molar-refractivity contribution in [3.8, 4) is 5.75 Å². The van der Waals surface area contributed by atoms with Crippen molar-refractivity contribution >= 4 is 11.3 Å². The molecule has 1 heterocycles. The van der Waals surface area contributed by atoms with Gasteiger partial charge in [0.1, 0.15) is 5.75 Å². The average molecular weight is 311 g/mol. The maximum absolute atomic E-state index is 12.3. The van der Waals surface area contributed by atoms with E-state index in [2.05, 4.69) is 28.4 Å². The summed E-state index contributed by atoms with van der Waals surface area (Å²) in [6.45, 7) is 0.193. The summed E-state index contributed by atoms with van der Waals surface area (Å²) in [5.74, 6) is 0.205. The molecule has 1 N–H and O–H groups in total. The smallest absolute Gasteiger partial charge is 0.387 e. The minimum atomic E-state index is -2.79. The summed E-state index contributed by atoms with van der Waals surface area (Å²) >= 11 is 1.66. The molecule has 21 heavy (non-hydrogen) atoms. The van der Waals surface area contributed by atoms with Crippen LogP contribution in [0.25, 0.3) is 0 Å². The Morgan fingerprint density at radius 2 is 2.14 bits per heavy atom. The second-order valence-electron chi connectivity index (χ2n) is 4.79. The summed E-state index contributed by atoms with van der Waals surface area (Å²) in [7, 11) is 0. The van der Waals surface area contributed by atoms with E-state index in [0.29, 0.717) is 0 Å². The average Bonchev–Trinajstić information content (AvgIpc) is 2.96. The minimum Gasteiger partial charge on any atom is -0.435 e. The fourth-order valence-corrected chi connectivity index (χ4v) is 2.86. The van der Waals surface area contributed by atoms with Crippen LogP contribution in [-0.2, 0) is 6.42 Å². The SMILES string of the molecule is CCCNC(Cc1ccsc1)c1cccc(OC(F)F)c1. The van der Waals surface area contributed by atoms with Gasteiger partial charge in [-0.3, -0.25) is 0 Å². The number of benzene rings is 1. The zero-order valence-corrected chi connectivity index (χ0v) is 12.7. The van der Waals surface area contributed by atoms with Crippen LogP contribution < -0.4 is 10.1 Å². The second-order valence-corrected chi connectivity index (χ2v) is 5.57. The van der Waals surface area contributed by atoms with Gasteiger partial charge in [-0.1, -0.05) is 19.1 Å². The number of halogens is 2. The quantitative estimate of drug-likeness (QED) is 0.767. The lowest BCUT2D eigenvalue weighted by molar-refractivity contribution is -0.0499. The summed E-state index contributed by atoms with van der Waals surface area (Å²) < 4.78 is 29.1. The van der Waals surface area contributed by atoms with Gasteiger partial charge in [0, 0.05) is 6.04 Å². The van der Waals surface area contributed by atoms with Crippen molar-refractivity contribution < 1.29 is 13.5 Å².